The zero-order chi connectivity index (χ0) is 16.3. The molecule has 5 nitrogen and oxygen atoms in total. The summed E-state index contributed by atoms with van der Waals surface area (Å²) in [7, 11) is 0. The molecule has 1 aliphatic rings. The van der Waals surface area contributed by atoms with Crippen LogP contribution in [0.15, 0.2) is 16.7 Å². The fourth-order valence-electron chi connectivity index (χ4n) is 2.17. The number of halogens is 2. The summed E-state index contributed by atoms with van der Waals surface area (Å²) >= 11 is 5.58. The van der Waals surface area contributed by atoms with E-state index in [0.29, 0.717) is 31.5 Å². The van der Waals surface area contributed by atoms with Crippen LogP contribution in [0.2, 0.25) is 0 Å². The molecule has 22 heavy (non-hydrogen) atoms. The third-order valence-corrected chi connectivity index (χ3v) is 4.37. The lowest BCUT2D eigenvalue weighted by atomic mass is 10.1. The Bertz CT molecular complexity index is 548. The van der Waals surface area contributed by atoms with Crippen molar-refractivity contribution in [3.8, 4) is 5.88 Å². The average molecular weight is 483 g/mol. The Morgan fingerprint density at radius 2 is 2.27 bits per heavy atom. The lowest BCUT2D eigenvalue weighted by Gasteiger charge is -2.24. The van der Waals surface area contributed by atoms with Crippen LogP contribution < -0.4 is 4.74 Å². The standard InChI is InChI=1S/C15H20BrIN2O3/c1-15(2,3)22-14(20)19-5-4-10(8-19)9-21-13-12(17)6-11(16)7-18-13/h6-7,10H,4-5,8-9H2,1-3H3. The highest BCUT2D eigenvalue weighted by Crippen LogP contribution is 2.24. The summed E-state index contributed by atoms with van der Waals surface area (Å²) in [6, 6.07) is 1.96. The molecular formula is C15H20BrIN2O3. The van der Waals surface area contributed by atoms with E-state index in [1.54, 1.807) is 11.1 Å². The fraction of sp³-hybridized carbons (Fsp3) is 0.600. The summed E-state index contributed by atoms with van der Waals surface area (Å²) in [6.45, 7) is 7.58. The molecule has 0 aliphatic carbocycles. The molecule has 7 heteroatoms. The maximum Gasteiger partial charge on any atom is 0.410 e. The van der Waals surface area contributed by atoms with E-state index < -0.39 is 5.60 Å². The van der Waals surface area contributed by atoms with E-state index >= 15 is 0 Å². The molecule has 0 radical (unpaired) electrons. The second-order valence-electron chi connectivity index (χ2n) is 6.33. The predicted molar refractivity (Wildman–Crippen MR) is 96.1 cm³/mol. The molecule has 122 valence electrons. The Kier molecular flexibility index (Phi) is 5.93. The highest BCUT2D eigenvalue weighted by atomic mass is 127. The van der Waals surface area contributed by atoms with Crippen molar-refractivity contribution < 1.29 is 14.3 Å². The smallest absolute Gasteiger partial charge is 0.410 e. The molecule has 0 bridgehead atoms. The van der Waals surface area contributed by atoms with Gasteiger partial charge in [-0.2, -0.15) is 0 Å². The van der Waals surface area contributed by atoms with E-state index in [0.717, 1.165) is 14.5 Å². The Morgan fingerprint density at radius 1 is 1.55 bits per heavy atom. The minimum Gasteiger partial charge on any atom is -0.477 e. The maximum absolute atomic E-state index is 12.0. The van der Waals surface area contributed by atoms with Gasteiger partial charge in [-0.3, -0.25) is 0 Å². The van der Waals surface area contributed by atoms with Gasteiger partial charge in [0.1, 0.15) is 5.60 Å². The SMILES string of the molecule is CC(C)(C)OC(=O)N1CCC(COc2ncc(Br)cc2I)C1. The number of aromatic nitrogens is 1. The van der Waals surface area contributed by atoms with Gasteiger partial charge in [0.2, 0.25) is 5.88 Å². The summed E-state index contributed by atoms with van der Waals surface area (Å²) < 4.78 is 13.1. The number of likely N-dealkylation sites (tertiary alicyclic amines) is 1. The molecule has 1 amide bonds. The largest absolute Gasteiger partial charge is 0.477 e. The first kappa shape index (κ1) is 17.8. The molecule has 1 saturated heterocycles. The minimum absolute atomic E-state index is 0.244. The molecule has 1 fully saturated rings. The molecule has 0 aromatic carbocycles. The van der Waals surface area contributed by atoms with Crippen LogP contribution in [0.5, 0.6) is 5.88 Å². The quantitative estimate of drug-likeness (QED) is 0.609. The van der Waals surface area contributed by atoms with Gasteiger partial charge in [0, 0.05) is 29.7 Å². The molecule has 1 aromatic heterocycles. The molecule has 1 aliphatic heterocycles. The number of hydrogen-bond acceptors (Lipinski definition) is 4. The van der Waals surface area contributed by atoms with Gasteiger partial charge in [-0.25, -0.2) is 9.78 Å². The number of ether oxygens (including phenoxy) is 2. The van der Waals surface area contributed by atoms with Crippen LogP contribution in [0.1, 0.15) is 27.2 Å². The molecular weight excluding hydrogens is 463 g/mol. The number of pyridine rings is 1. The number of hydrogen-bond donors (Lipinski definition) is 0. The third kappa shape index (κ3) is 5.26. The van der Waals surface area contributed by atoms with E-state index in [-0.39, 0.29) is 6.09 Å². The normalized spacial score (nSPS) is 18.4. The minimum atomic E-state index is -0.455. The monoisotopic (exact) mass is 482 g/mol. The van der Waals surface area contributed by atoms with Crippen LogP contribution in [0.3, 0.4) is 0 Å². The molecule has 2 rings (SSSR count). The van der Waals surface area contributed by atoms with Crippen LogP contribution in [0.25, 0.3) is 0 Å². The van der Waals surface area contributed by atoms with Crippen LogP contribution in [-0.2, 0) is 4.74 Å². The van der Waals surface area contributed by atoms with Crippen LogP contribution >= 0.6 is 38.5 Å². The van der Waals surface area contributed by atoms with Crippen LogP contribution in [0.4, 0.5) is 4.79 Å². The van der Waals surface area contributed by atoms with Gasteiger partial charge in [-0.05, 0) is 71.8 Å². The molecule has 0 saturated carbocycles. The topological polar surface area (TPSA) is 51.7 Å². The molecule has 0 spiro atoms. The van der Waals surface area contributed by atoms with Crippen molar-refractivity contribution in [1.82, 2.24) is 9.88 Å². The number of amides is 1. The fourth-order valence-corrected chi connectivity index (χ4v) is 3.56. The van der Waals surface area contributed by atoms with E-state index in [9.17, 15) is 4.79 Å². The van der Waals surface area contributed by atoms with Gasteiger partial charge in [0.15, 0.2) is 0 Å². The van der Waals surface area contributed by atoms with Crippen LogP contribution in [0, 0.1) is 9.49 Å². The van der Waals surface area contributed by atoms with Crippen molar-refractivity contribution in [2.24, 2.45) is 5.92 Å². The summed E-state index contributed by atoms with van der Waals surface area (Å²) in [5, 5.41) is 0. The molecule has 1 unspecified atom stereocenters. The van der Waals surface area contributed by atoms with Crippen molar-refractivity contribution in [2.75, 3.05) is 19.7 Å². The number of carbonyl (C=O) groups is 1. The van der Waals surface area contributed by atoms with Gasteiger partial charge >= 0.3 is 6.09 Å². The third-order valence-electron chi connectivity index (χ3n) is 3.17. The number of rotatable bonds is 3. The Morgan fingerprint density at radius 3 is 2.91 bits per heavy atom. The summed E-state index contributed by atoms with van der Waals surface area (Å²) in [5.74, 6) is 0.952. The summed E-state index contributed by atoms with van der Waals surface area (Å²) in [4.78, 5) is 18.0. The first-order valence-electron chi connectivity index (χ1n) is 7.16. The Labute approximate surface area is 153 Å². The predicted octanol–water partition coefficient (Wildman–Crippen LogP) is 4.08. The molecule has 2 heterocycles. The molecule has 1 atom stereocenters. The molecule has 0 N–H and O–H groups in total. The lowest BCUT2D eigenvalue weighted by Crippen LogP contribution is -2.35. The Hall–Kier alpha value is -0.570. The maximum atomic E-state index is 12.0. The second-order valence-corrected chi connectivity index (χ2v) is 8.41. The van der Waals surface area contributed by atoms with Crippen molar-refractivity contribution >= 4 is 44.6 Å². The summed E-state index contributed by atoms with van der Waals surface area (Å²) in [6.07, 6.45) is 2.40. The van der Waals surface area contributed by atoms with E-state index in [1.807, 2.05) is 26.8 Å². The molecule has 1 aromatic rings. The van der Waals surface area contributed by atoms with Gasteiger partial charge in [0.05, 0.1) is 10.2 Å². The number of nitrogens with zero attached hydrogens (tertiary/aromatic N) is 2. The van der Waals surface area contributed by atoms with Gasteiger partial charge in [0.25, 0.3) is 0 Å². The summed E-state index contributed by atoms with van der Waals surface area (Å²) in [5.41, 5.74) is -0.455. The first-order chi connectivity index (χ1) is 10.2. The van der Waals surface area contributed by atoms with Crippen LogP contribution in [-0.4, -0.2) is 41.3 Å². The van der Waals surface area contributed by atoms with Gasteiger partial charge < -0.3 is 14.4 Å². The second kappa shape index (κ2) is 7.33. The highest BCUT2D eigenvalue weighted by Gasteiger charge is 2.30. The Balaban J connectivity index is 1.82. The van der Waals surface area contributed by atoms with Crippen molar-refractivity contribution in [2.45, 2.75) is 32.8 Å². The zero-order valence-corrected chi connectivity index (χ0v) is 16.7. The average Bonchev–Trinajstić information content (AvgIpc) is 2.84. The van der Waals surface area contributed by atoms with E-state index in [1.165, 1.54) is 0 Å². The van der Waals surface area contributed by atoms with E-state index in [4.69, 9.17) is 9.47 Å². The van der Waals surface area contributed by atoms with Crippen molar-refractivity contribution in [3.63, 3.8) is 0 Å². The van der Waals surface area contributed by atoms with Gasteiger partial charge in [-0.1, -0.05) is 0 Å². The zero-order valence-electron chi connectivity index (χ0n) is 12.9. The first-order valence-corrected chi connectivity index (χ1v) is 9.03. The lowest BCUT2D eigenvalue weighted by molar-refractivity contribution is 0.0284. The van der Waals surface area contributed by atoms with Crippen molar-refractivity contribution in [1.29, 1.82) is 0 Å². The highest BCUT2D eigenvalue weighted by molar-refractivity contribution is 14.1. The number of carbonyl (C=O) groups excluding carboxylic acids is 1. The van der Waals surface area contributed by atoms with Gasteiger partial charge in [-0.15, -0.1) is 0 Å². The van der Waals surface area contributed by atoms with E-state index in [2.05, 4.69) is 43.5 Å². The van der Waals surface area contributed by atoms with Crippen molar-refractivity contribution in [3.05, 3.63) is 20.3 Å².